The Kier molecular flexibility index (Phi) is 7.98. The van der Waals surface area contributed by atoms with Crippen LogP contribution in [0.4, 0.5) is 15.8 Å². The molecule has 1 fully saturated rings. The monoisotopic (exact) mass is 526 g/mol. The van der Waals surface area contributed by atoms with E-state index in [1.807, 2.05) is 12.1 Å². The molecule has 0 bridgehead atoms. The number of anilines is 1. The van der Waals surface area contributed by atoms with E-state index in [-0.39, 0.29) is 40.6 Å². The van der Waals surface area contributed by atoms with Gasteiger partial charge < -0.3 is 15.0 Å². The van der Waals surface area contributed by atoms with Gasteiger partial charge in [-0.05, 0) is 61.6 Å². The Bertz CT molecular complexity index is 1330. The number of piperidine rings is 1. The first-order valence-corrected chi connectivity index (χ1v) is 12.0. The first-order valence-electron chi connectivity index (χ1n) is 11.6. The number of aryl methyl sites for hydroxylation is 1. The van der Waals surface area contributed by atoms with Crippen LogP contribution in [0.3, 0.4) is 0 Å². The number of halogens is 2. The summed E-state index contributed by atoms with van der Waals surface area (Å²) in [6.45, 7) is 2.53. The van der Waals surface area contributed by atoms with Crippen molar-refractivity contribution in [2.75, 3.05) is 25.0 Å². The number of nitro groups is 1. The minimum absolute atomic E-state index is 0.00672. The van der Waals surface area contributed by atoms with Crippen molar-refractivity contribution in [3.05, 3.63) is 92.5 Å². The van der Waals surface area contributed by atoms with E-state index in [1.165, 1.54) is 18.2 Å². The minimum Gasteiger partial charge on any atom is -0.484 e. The van der Waals surface area contributed by atoms with Crippen LogP contribution in [0, 0.1) is 22.9 Å². The summed E-state index contributed by atoms with van der Waals surface area (Å²) in [5.74, 6) is -0.713. The van der Waals surface area contributed by atoms with Gasteiger partial charge in [0.25, 0.3) is 17.5 Å². The van der Waals surface area contributed by atoms with Gasteiger partial charge in [0.1, 0.15) is 23.5 Å². The SMILES string of the molecule is Cc1cc(C(=O)Nc2ccc(C3CCN(C(=O)COc4ccc(Cl)c(F)c4)CC3)cc2)ncc1[N+](=O)[O-]. The summed E-state index contributed by atoms with van der Waals surface area (Å²) in [5, 5.41) is 13.7. The molecule has 0 spiro atoms. The number of rotatable bonds is 7. The minimum atomic E-state index is -0.601. The molecule has 9 nitrogen and oxygen atoms in total. The molecule has 0 saturated carbocycles. The van der Waals surface area contributed by atoms with Gasteiger partial charge >= 0.3 is 0 Å². The lowest BCUT2D eigenvalue weighted by Gasteiger charge is -2.32. The third kappa shape index (κ3) is 6.39. The van der Waals surface area contributed by atoms with Crippen LogP contribution >= 0.6 is 11.6 Å². The lowest BCUT2D eigenvalue weighted by Crippen LogP contribution is -2.40. The van der Waals surface area contributed by atoms with Gasteiger partial charge in [-0.25, -0.2) is 9.37 Å². The van der Waals surface area contributed by atoms with E-state index in [9.17, 15) is 24.1 Å². The molecular weight excluding hydrogens is 503 g/mol. The molecule has 0 radical (unpaired) electrons. The molecule has 0 unspecified atom stereocenters. The van der Waals surface area contributed by atoms with Crippen LogP contribution in [0.2, 0.25) is 5.02 Å². The van der Waals surface area contributed by atoms with Crippen molar-refractivity contribution in [3.63, 3.8) is 0 Å². The van der Waals surface area contributed by atoms with E-state index in [4.69, 9.17) is 16.3 Å². The normalized spacial score (nSPS) is 13.8. The van der Waals surface area contributed by atoms with E-state index in [2.05, 4.69) is 10.3 Å². The zero-order chi connectivity index (χ0) is 26.5. The summed E-state index contributed by atoms with van der Waals surface area (Å²) in [6, 6.07) is 12.9. The second kappa shape index (κ2) is 11.3. The van der Waals surface area contributed by atoms with Crippen molar-refractivity contribution in [3.8, 4) is 5.75 Å². The Morgan fingerprint density at radius 3 is 2.51 bits per heavy atom. The molecule has 1 aliphatic heterocycles. The Balaban J connectivity index is 1.27. The average Bonchev–Trinajstić information content (AvgIpc) is 2.89. The largest absolute Gasteiger partial charge is 0.484 e. The molecule has 3 aromatic rings. The lowest BCUT2D eigenvalue weighted by molar-refractivity contribution is -0.385. The highest BCUT2D eigenvalue weighted by atomic mass is 35.5. The molecule has 2 amide bonds. The van der Waals surface area contributed by atoms with Gasteiger partial charge in [-0.1, -0.05) is 23.7 Å². The van der Waals surface area contributed by atoms with Crippen molar-refractivity contribution in [1.29, 1.82) is 0 Å². The van der Waals surface area contributed by atoms with Crippen LogP contribution in [-0.4, -0.2) is 46.3 Å². The maximum absolute atomic E-state index is 13.5. The van der Waals surface area contributed by atoms with Crippen LogP contribution in [0.25, 0.3) is 0 Å². The van der Waals surface area contributed by atoms with Gasteiger partial charge in [0, 0.05) is 30.4 Å². The van der Waals surface area contributed by atoms with Crippen molar-refractivity contribution in [2.24, 2.45) is 0 Å². The summed E-state index contributed by atoms with van der Waals surface area (Å²) in [4.78, 5) is 41.0. The predicted octanol–water partition coefficient (Wildman–Crippen LogP) is 5.13. The molecule has 2 heterocycles. The third-order valence-corrected chi connectivity index (χ3v) is 6.56. The molecule has 0 atom stereocenters. The highest BCUT2D eigenvalue weighted by Crippen LogP contribution is 2.29. The molecule has 1 aromatic heterocycles. The quantitative estimate of drug-likeness (QED) is 0.337. The zero-order valence-electron chi connectivity index (χ0n) is 19.9. The van der Waals surface area contributed by atoms with Gasteiger partial charge in [0.2, 0.25) is 0 Å². The van der Waals surface area contributed by atoms with Gasteiger partial charge in [-0.2, -0.15) is 0 Å². The fourth-order valence-corrected chi connectivity index (χ4v) is 4.28. The van der Waals surface area contributed by atoms with E-state index in [1.54, 1.807) is 24.0 Å². The standard InChI is InChI=1S/C26H24ClFN4O5/c1-16-12-23(29-14-24(16)32(35)36)26(34)30-19-4-2-17(3-5-19)18-8-10-31(11-9-18)25(33)15-37-20-6-7-21(27)22(28)13-20/h2-7,12-14,18H,8-11,15H2,1H3,(H,30,34). The second-order valence-corrected chi connectivity index (χ2v) is 9.12. The number of likely N-dealkylation sites (tertiary alicyclic amines) is 1. The summed E-state index contributed by atoms with van der Waals surface area (Å²) in [7, 11) is 0. The number of amides is 2. The molecule has 4 rings (SSSR count). The third-order valence-electron chi connectivity index (χ3n) is 6.25. The Morgan fingerprint density at radius 1 is 1.19 bits per heavy atom. The van der Waals surface area contributed by atoms with Crippen molar-refractivity contribution in [1.82, 2.24) is 9.88 Å². The van der Waals surface area contributed by atoms with Crippen LogP contribution < -0.4 is 10.1 Å². The molecule has 2 aromatic carbocycles. The molecule has 1 aliphatic rings. The van der Waals surface area contributed by atoms with Crippen LogP contribution in [0.15, 0.2) is 54.7 Å². The molecule has 11 heteroatoms. The smallest absolute Gasteiger partial charge is 0.290 e. The number of ether oxygens (including phenoxy) is 1. The first kappa shape index (κ1) is 26.0. The number of aromatic nitrogens is 1. The Morgan fingerprint density at radius 2 is 1.89 bits per heavy atom. The average molecular weight is 527 g/mol. The summed E-state index contributed by atoms with van der Waals surface area (Å²) < 4.78 is 18.9. The van der Waals surface area contributed by atoms with Crippen LogP contribution in [0.1, 0.15) is 40.4 Å². The predicted molar refractivity (Wildman–Crippen MR) is 135 cm³/mol. The summed E-state index contributed by atoms with van der Waals surface area (Å²) >= 11 is 5.66. The van der Waals surface area contributed by atoms with Gasteiger partial charge in [0.15, 0.2) is 6.61 Å². The number of nitrogens with zero attached hydrogens (tertiary/aromatic N) is 3. The van der Waals surface area contributed by atoms with E-state index < -0.39 is 16.6 Å². The number of pyridine rings is 1. The maximum atomic E-state index is 13.5. The molecule has 0 aliphatic carbocycles. The molecule has 1 saturated heterocycles. The van der Waals surface area contributed by atoms with Crippen LogP contribution in [0.5, 0.6) is 5.75 Å². The first-order chi connectivity index (χ1) is 17.7. The number of nitrogens with one attached hydrogen (secondary N) is 1. The number of benzene rings is 2. The molecule has 192 valence electrons. The second-order valence-electron chi connectivity index (χ2n) is 8.71. The van der Waals surface area contributed by atoms with Crippen molar-refractivity contribution in [2.45, 2.75) is 25.7 Å². The van der Waals surface area contributed by atoms with E-state index in [0.29, 0.717) is 24.3 Å². The summed E-state index contributed by atoms with van der Waals surface area (Å²) in [6.07, 6.45) is 2.63. The summed E-state index contributed by atoms with van der Waals surface area (Å²) in [5.41, 5.74) is 1.99. The highest BCUT2D eigenvalue weighted by molar-refractivity contribution is 6.30. The highest BCUT2D eigenvalue weighted by Gasteiger charge is 2.24. The van der Waals surface area contributed by atoms with Crippen LogP contribution in [-0.2, 0) is 4.79 Å². The topological polar surface area (TPSA) is 115 Å². The fourth-order valence-electron chi connectivity index (χ4n) is 4.16. The van der Waals surface area contributed by atoms with Crippen molar-refractivity contribution < 1.29 is 23.6 Å². The maximum Gasteiger partial charge on any atom is 0.290 e. The fraction of sp³-hybridized carbons (Fsp3) is 0.269. The van der Waals surface area contributed by atoms with E-state index in [0.717, 1.165) is 30.7 Å². The Labute approximate surface area is 217 Å². The van der Waals surface area contributed by atoms with Gasteiger partial charge in [0.05, 0.1) is 9.95 Å². The molecule has 37 heavy (non-hydrogen) atoms. The van der Waals surface area contributed by atoms with E-state index >= 15 is 0 Å². The van der Waals surface area contributed by atoms with Crippen molar-refractivity contribution >= 4 is 34.8 Å². The number of hydrogen-bond donors (Lipinski definition) is 1. The molecular formula is C26H24ClFN4O5. The zero-order valence-corrected chi connectivity index (χ0v) is 20.7. The van der Waals surface area contributed by atoms with Gasteiger partial charge in [-0.15, -0.1) is 0 Å². The number of carbonyl (C=O) groups is 2. The molecule has 1 N–H and O–H groups in total. The lowest BCUT2D eigenvalue weighted by atomic mass is 9.89. The van der Waals surface area contributed by atoms with Gasteiger partial charge in [-0.3, -0.25) is 19.7 Å². The Hall–Kier alpha value is -4.05. The number of carbonyl (C=O) groups excluding carboxylic acids is 2. The number of hydrogen-bond acceptors (Lipinski definition) is 6.